The second-order valence-electron chi connectivity index (χ2n) is 10.7. The second kappa shape index (κ2) is 21.3. The molecule has 2 aromatic rings. The van der Waals surface area contributed by atoms with Gasteiger partial charge in [0.15, 0.2) is 0 Å². The first-order valence-electron chi connectivity index (χ1n) is 16.5. The van der Waals surface area contributed by atoms with Crippen LogP contribution in [0.25, 0.3) is 0 Å². The van der Waals surface area contributed by atoms with Gasteiger partial charge in [0.05, 0.1) is 38.7 Å². The molecule has 1 aliphatic heterocycles. The van der Waals surface area contributed by atoms with Gasteiger partial charge in [0.25, 0.3) is 0 Å². The van der Waals surface area contributed by atoms with Gasteiger partial charge in [-0.15, -0.1) is 0 Å². The van der Waals surface area contributed by atoms with E-state index >= 15 is 0 Å². The molecular weight excluding hydrogens is 618 g/mol. The van der Waals surface area contributed by atoms with Crippen molar-refractivity contribution in [3.8, 4) is 11.8 Å². The van der Waals surface area contributed by atoms with E-state index in [4.69, 9.17) is 22.8 Å². The Labute approximate surface area is 280 Å². The molecule has 3 amide bonds. The number of nitrogens with one attached hydrogen (secondary N) is 2. The van der Waals surface area contributed by atoms with Gasteiger partial charge in [-0.1, -0.05) is 42.2 Å². The van der Waals surface area contributed by atoms with Gasteiger partial charge in [-0.25, -0.2) is 0 Å². The number of rotatable bonds is 22. The highest BCUT2D eigenvalue weighted by Gasteiger charge is 2.39. The number of hydrogen-bond acceptors (Lipinski definition) is 8. The summed E-state index contributed by atoms with van der Waals surface area (Å²) >= 11 is 0. The maximum Gasteiger partial charge on any atom is 0.500 e. The molecule has 0 spiro atoms. The van der Waals surface area contributed by atoms with Gasteiger partial charge in [0.2, 0.25) is 17.7 Å². The molecule has 2 N–H and O–H groups in total. The third-order valence-corrected chi connectivity index (χ3v) is 10.4. The van der Waals surface area contributed by atoms with Crippen molar-refractivity contribution in [3.63, 3.8) is 0 Å². The van der Waals surface area contributed by atoms with Crippen molar-refractivity contribution in [3.05, 3.63) is 65.2 Å². The van der Waals surface area contributed by atoms with Gasteiger partial charge in [0, 0.05) is 69.3 Å². The van der Waals surface area contributed by atoms with Gasteiger partial charge in [0.1, 0.15) is 0 Å². The van der Waals surface area contributed by atoms with Gasteiger partial charge < -0.3 is 38.3 Å². The molecular formula is C35H49N3O8Si. The topological polar surface area (TPSA) is 125 Å². The molecule has 0 atom stereocenters. The number of carbonyl (C=O) groups is 3. The van der Waals surface area contributed by atoms with E-state index in [0.29, 0.717) is 71.7 Å². The first-order chi connectivity index (χ1) is 22.9. The number of benzene rings is 2. The minimum atomic E-state index is -2.69. The predicted molar refractivity (Wildman–Crippen MR) is 182 cm³/mol. The lowest BCUT2D eigenvalue weighted by Crippen LogP contribution is -2.46. The van der Waals surface area contributed by atoms with Crippen LogP contribution in [0.3, 0.4) is 0 Å². The Kier molecular flexibility index (Phi) is 17.2. The van der Waals surface area contributed by atoms with Crippen LogP contribution in [0.2, 0.25) is 6.04 Å². The van der Waals surface area contributed by atoms with Crippen molar-refractivity contribution in [1.29, 1.82) is 0 Å². The molecule has 1 heterocycles. The number of fused-ring (bicyclic) bond motifs is 2. The maximum atomic E-state index is 13.3. The summed E-state index contributed by atoms with van der Waals surface area (Å²) in [5, 5.41) is 5.69. The average molecular weight is 668 g/mol. The van der Waals surface area contributed by atoms with Crippen molar-refractivity contribution in [2.24, 2.45) is 0 Å². The fourth-order valence-corrected chi connectivity index (χ4v) is 7.64. The zero-order chi connectivity index (χ0) is 33.7. The van der Waals surface area contributed by atoms with Gasteiger partial charge in [-0.05, 0) is 51.0 Å². The molecule has 0 radical (unpaired) electrons. The Morgan fingerprint density at radius 3 is 2.04 bits per heavy atom. The molecule has 0 saturated heterocycles. The lowest BCUT2D eigenvalue weighted by atomic mass is 10.0. The average Bonchev–Trinajstić information content (AvgIpc) is 3.06. The Bertz CT molecular complexity index is 1330. The molecule has 1 aliphatic rings. The normalized spacial score (nSPS) is 12.2. The zero-order valence-corrected chi connectivity index (χ0v) is 28.9. The predicted octanol–water partition coefficient (Wildman–Crippen LogP) is 3.81. The minimum absolute atomic E-state index is 0.0738. The number of ether oxygens (including phenoxy) is 2. The molecule has 256 valence electrons. The fraction of sp³-hybridized carbons (Fsp3) is 0.514. The Morgan fingerprint density at radius 2 is 1.32 bits per heavy atom. The molecule has 0 aliphatic carbocycles. The number of para-hydroxylation sites is 1. The number of anilines is 1. The zero-order valence-electron chi connectivity index (χ0n) is 27.9. The van der Waals surface area contributed by atoms with Gasteiger partial charge >= 0.3 is 8.80 Å². The number of carbonyl (C=O) groups excluding carboxylic acids is 3. The Hall–Kier alpha value is -3.57. The summed E-state index contributed by atoms with van der Waals surface area (Å²) in [6, 6.07) is 16.0. The molecule has 0 saturated carbocycles. The summed E-state index contributed by atoms with van der Waals surface area (Å²) in [4.78, 5) is 39.5. The van der Waals surface area contributed by atoms with Crippen LogP contribution in [0.5, 0.6) is 0 Å². The van der Waals surface area contributed by atoms with Crippen LogP contribution in [0, 0.1) is 11.8 Å². The van der Waals surface area contributed by atoms with E-state index in [1.54, 1.807) is 4.90 Å². The number of hydrogen-bond donors (Lipinski definition) is 2. The molecule has 3 rings (SSSR count). The highest BCUT2D eigenvalue weighted by Crippen LogP contribution is 2.26. The van der Waals surface area contributed by atoms with Gasteiger partial charge in [-0.3, -0.25) is 14.4 Å². The smallest absolute Gasteiger partial charge is 0.379 e. The Balaban J connectivity index is 1.24. The van der Waals surface area contributed by atoms with Gasteiger partial charge in [-0.2, -0.15) is 0 Å². The summed E-state index contributed by atoms with van der Waals surface area (Å²) in [6.07, 6.45) is 1.11. The SMILES string of the molecule is CCO[Si](CCCNC(=O)CCOCCOCCNC(=O)CCC(=O)N1Cc2ccccc2C#Cc2ccccc21)(OCC)OCC. The summed E-state index contributed by atoms with van der Waals surface area (Å²) < 4.78 is 28.5. The van der Waals surface area contributed by atoms with Crippen molar-refractivity contribution in [1.82, 2.24) is 10.6 Å². The van der Waals surface area contributed by atoms with Crippen molar-refractivity contribution in [2.75, 3.05) is 64.2 Å². The van der Waals surface area contributed by atoms with Crippen molar-refractivity contribution in [2.45, 2.75) is 59.0 Å². The largest absolute Gasteiger partial charge is 0.500 e. The highest BCUT2D eigenvalue weighted by molar-refractivity contribution is 6.60. The van der Waals surface area contributed by atoms with Crippen molar-refractivity contribution < 1.29 is 37.1 Å². The lowest BCUT2D eigenvalue weighted by molar-refractivity contribution is -0.125. The van der Waals surface area contributed by atoms with Crippen molar-refractivity contribution >= 4 is 32.2 Å². The Morgan fingerprint density at radius 1 is 0.723 bits per heavy atom. The van der Waals surface area contributed by atoms with E-state index in [1.807, 2.05) is 69.3 Å². The lowest BCUT2D eigenvalue weighted by Gasteiger charge is -2.28. The maximum absolute atomic E-state index is 13.3. The molecule has 0 unspecified atom stereocenters. The van der Waals surface area contributed by atoms with Crippen LogP contribution < -0.4 is 15.5 Å². The third-order valence-electron chi connectivity index (χ3n) is 7.23. The van der Waals surface area contributed by atoms with E-state index in [-0.39, 0.29) is 43.6 Å². The number of amides is 3. The third kappa shape index (κ3) is 13.2. The summed E-state index contributed by atoms with van der Waals surface area (Å²) in [5.74, 6) is 5.95. The molecule has 47 heavy (non-hydrogen) atoms. The van der Waals surface area contributed by atoms with E-state index in [9.17, 15) is 14.4 Å². The molecule has 12 heteroatoms. The van der Waals surface area contributed by atoms with E-state index in [1.165, 1.54) is 0 Å². The molecule has 0 aromatic heterocycles. The highest BCUT2D eigenvalue weighted by atomic mass is 28.4. The number of nitrogens with zero attached hydrogens (tertiary/aromatic N) is 1. The van der Waals surface area contributed by atoms with Crippen LogP contribution in [0.15, 0.2) is 48.5 Å². The van der Waals surface area contributed by atoms with Crippen LogP contribution in [0.4, 0.5) is 5.69 Å². The molecule has 2 aromatic carbocycles. The second-order valence-corrected chi connectivity index (χ2v) is 13.4. The van der Waals surface area contributed by atoms with E-state index in [2.05, 4.69) is 22.5 Å². The first kappa shape index (κ1) is 37.9. The first-order valence-corrected chi connectivity index (χ1v) is 18.4. The van der Waals surface area contributed by atoms with Crippen LogP contribution in [-0.4, -0.2) is 85.9 Å². The van der Waals surface area contributed by atoms with Crippen LogP contribution >= 0.6 is 0 Å². The van der Waals surface area contributed by atoms with E-state index in [0.717, 1.165) is 22.4 Å². The van der Waals surface area contributed by atoms with E-state index < -0.39 is 8.80 Å². The molecule has 0 bridgehead atoms. The summed E-state index contributed by atoms with van der Waals surface area (Å²) in [6.45, 7) is 9.86. The summed E-state index contributed by atoms with van der Waals surface area (Å²) in [5.41, 5.74) is 3.39. The fourth-order valence-electron chi connectivity index (χ4n) is 5.02. The standard InChI is InChI=1S/C35H49N3O8Si/c1-4-44-47(45-5-2,46-6-3)27-11-21-36-34(40)20-23-42-25-26-43-24-22-37-33(39)18-19-35(41)38-28-31-14-8-7-12-29(31)16-17-30-13-9-10-15-32(30)38/h7-10,12-15H,4-6,11,18-28H2,1-3H3,(H,36,40)(H,37,39). The molecule has 11 nitrogen and oxygen atoms in total. The minimum Gasteiger partial charge on any atom is -0.379 e. The monoisotopic (exact) mass is 667 g/mol. The quantitative estimate of drug-likeness (QED) is 0.110. The molecule has 0 fully saturated rings. The van der Waals surface area contributed by atoms with Crippen LogP contribution in [0.1, 0.15) is 63.1 Å². The summed E-state index contributed by atoms with van der Waals surface area (Å²) in [7, 11) is -2.69. The van der Waals surface area contributed by atoms with Crippen LogP contribution in [-0.2, 0) is 43.7 Å².